The van der Waals surface area contributed by atoms with Gasteiger partial charge in [-0.2, -0.15) is 0 Å². The number of hydrogen-bond acceptors (Lipinski definition) is 6. The summed E-state index contributed by atoms with van der Waals surface area (Å²) in [4.78, 5) is 28.9. The topological polar surface area (TPSA) is 149 Å². The van der Waals surface area contributed by atoms with E-state index in [-0.39, 0.29) is 23.0 Å². The molecule has 2 unspecified atom stereocenters. The SMILES string of the molecule is CN(c1cc(C(=O)NC(C(O)[C@@](C)(Cc2ccccc2)NC(=O)O)C(C)(C)C)cc(Cl)n1)S(C)(=O)=O. The van der Waals surface area contributed by atoms with Crippen molar-refractivity contribution in [2.75, 3.05) is 17.6 Å². The minimum absolute atomic E-state index is 0.0258. The highest BCUT2D eigenvalue weighted by molar-refractivity contribution is 7.92. The maximum atomic E-state index is 13.3. The largest absolute Gasteiger partial charge is 0.465 e. The molecule has 0 aliphatic carbocycles. The average Bonchev–Trinajstić information content (AvgIpc) is 2.74. The van der Waals surface area contributed by atoms with Crippen molar-refractivity contribution in [2.24, 2.45) is 5.41 Å². The number of aliphatic hydroxyl groups is 1. The number of nitrogens with one attached hydrogen (secondary N) is 2. The van der Waals surface area contributed by atoms with E-state index in [2.05, 4.69) is 15.6 Å². The number of carbonyl (C=O) groups is 2. The molecule has 0 bridgehead atoms. The molecule has 10 nitrogen and oxygen atoms in total. The molecule has 0 fully saturated rings. The first kappa shape index (κ1) is 29.3. The van der Waals surface area contributed by atoms with Crippen molar-refractivity contribution in [1.29, 1.82) is 0 Å². The maximum absolute atomic E-state index is 13.3. The van der Waals surface area contributed by atoms with E-state index in [9.17, 15) is 28.2 Å². The fraction of sp³-hybridized carbons (Fsp3) is 0.458. The number of aromatic nitrogens is 1. The molecular formula is C24H33ClN4O6S. The number of anilines is 1. The minimum Gasteiger partial charge on any atom is -0.465 e. The summed E-state index contributed by atoms with van der Waals surface area (Å²) in [5, 5.41) is 26.2. The molecule has 36 heavy (non-hydrogen) atoms. The lowest BCUT2D eigenvalue weighted by Gasteiger charge is -2.44. The standard InChI is InChI=1S/C24H33ClN4O6S/c1-23(2,3)19(20(30)24(4,28-22(32)33)14-15-10-8-7-9-11-15)27-21(31)16-12-17(25)26-18(13-16)29(5)36(6,34)35/h7-13,19-20,28,30H,14H2,1-6H3,(H,27,31)(H,32,33)/t19?,20?,24-/m1/s1. The van der Waals surface area contributed by atoms with Crippen LogP contribution in [0, 0.1) is 5.41 Å². The Hall–Kier alpha value is -2.89. The van der Waals surface area contributed by atoms with Gasteiger partial charge in [-0.15, -0.1) is 0 Å². The molecule has 0 spiro atoms. The number of rotatable bonds is 9. The summed E-state index contributed by atoms with van der Waals surface area (Å²) in [6.45, 7) is 6.97. The van der Waals surface area contributed by atoms with E-state index in [1.54, 1.807) is 27.7 Å². The smallest absolute Gasteiger partial charge is 0.405 e. The van der Waals surface area contributed by atoms with E-state index in [1.807, 2.05) is 30.3 Å². The van der Waals surface area contributed by atoms with Crippen molar-refractivity contribution < 1.29 is 28.2 Å². The molecule has 1 heterocycles. The molecule has 2 rings (SSSR count). The summed E-state index contributed by atoms with van der Waals surface area (Å²) in [6, 6.07) is 10.7. The van der Waals surface area contributed by atoms with Gasteiger partial charge in [0.05, 0.1) is 23.9 Å². The van der Waals surface area contributed by atoms with E-state index < -0.39 is 45.1 Å². The number of hydrogen-bond donors (Lipinski definition) is 4. The monoisotopic (exact) mass is 540 g/mol. The van der Waals surface area contributed by atoms with Gasteiger partial charge in [-0.3, -0.25) is 9.10 Å². The third-order valence-corrected chi connectivity index (χ3v) is 7.23. The van der Waals surface area contributed by atoms with Crippen molar-refractivity contribution in [3.05, 3.63) is 58.7 Å². The minimum atomic E-state index is -3.66. The fourth-order valence-corrected chi connectivity index (χ4v) is 4.43. The normalized spacial score (nSPS) is 15.3. The van der Waals surface area contributed by atoms with Gasteiger partial charge >= 0.3 is 6.09 Å². The third kappa shape index (κ3) is 7.55. The molecule has 1 aromatic carbocycles. The van der Waals surface area contributed by atoms with Crippen LogP contribution >= 0.6 is 11.6 Å². The van der Waals surface area contributed by atoms with Crippen molar-refractivity contribution in [3.8, 4) is 0 Å². The fourth-order valence-electron chi connectivity index (χ4n) is 3.79. The van der Waals surface area contributed by atoms with Crippen molar-refractivity contribution in [3.63, 3.8) is 0 Å². The molecule has 0 aliphatic heterocycles. The second-order valence-electron chi connectivity index (χ2n) is 10.0. The van der Waals surface area contributed by atoms with Crippen LogP contribution in [0.4, 0.5) is 10.6 Å². The van der Waals surface area contributed by atoms with Gasteiger partial charge in [-0.1, -0.05) is 62.7 Å². The summed E-state index contributed by atoms with van der Waals surface area (Å²) >= 11 is 6.06. The van der Waals surface area contributed by atoms with Gasteiger partial charge in [-0.25, -0.2) is 18.2 Å². The predicted octanol–water partition coefficient (Wildman–Crippen LogP) is 2.91. The number of benzene rings is 1. The summed E-state index contributed by atoms with van der Waals surface area (Å²) < 4.78 is 24.7. The molecule has 3 atom stereocenters. The molecule has 12 heteroatoms. The number of nitrogens with zero attached hydrogens (tertiary/aromatic N) is 2. The zero-order valence-electron chi connectivity index (χ0n) is 21.1. The van der Waals surface area contributed by atoms with Gasteiger partial charge in [0, 0.05) is 12.6 Å². The third-order valence-electron chi connectivity index (χ3n) is 5.86. The van der Waals surface area contributed by atoms with Gasteiger partial charge < -0.3 is 20.8 Å². The van der Waals surface area contributed by atoms with Crippen LogP contribution in [0.15, 0.2) is 42.5 Å². The Morgan fingerprint density at radius 2 is 1.72 bits per heavy atom. The van der Waals surface area contributed by atoms with Crippen molar-refractivity contribution in [2.45, 2.75) is 51.8 Å². The van der Waals surface area contributed by atoms with Crippen LogP contribution in [0.5, 0.6) is 0 Å². The Labute approximate surface area is 216 Å². The van der Waals surface area contributed by atoms with Gasteiger partial charge in [0.1, 0.15) is 11.0 Å². The average molecular weight is 541 g/mol. The first-order valence-electron chi connectivity index (χ1n) is 11.1. The molecule has 0 saturated carbocycles. The summed E-state index contributed by atoms with van der Waals surface area (Å²) in [6.07, 6.45) is -1.52. The molecule has 198 valence electrons. The van der Waals surface area contributed by atoms with Crippen molar-refractivity contribution in [1.82, 2.24) is 15.6 Å². The molecule has 0 aliphatic rings. The number of carbonyl (C=O) groups excluding carboxylic acids is 1. The Morgan fingerprint density at radius 3 is 2.22 bits per heavy atom. The lowest BCUT2D eigenvalue weighted by atomic mass is 9.74. The van der Waals surface area contributed by atoms with E-state index in [4.69, 9.17) is 11.6 Å². The van der Waals surface area contributed by atoms with E-state index in [0.717, 1.165) is 16.1 Å². The second kappa shape index (κ2) is 11.0. The van der Waals surface area contributed by atoms with Gasteiger partial charge in [0.15, 0.2) is 0 Å². The zero-order valence-corrected chi connectivity index (χ0v) is 22.7. The van der Waals surface area contributed by atoms with Gasteiger partial charge in [-0.05, 0) is 36.5 Å². The Bertz CT molecular complexity index is 1200. The van der Waals surface area contributed by atoms with E-state index >= 15 is 0 Å². The molecule has 2 amide bonds. The van der Waals surface area contributed by atoms with E-state index in [0.29, 0.717) is 0 Å². The number of amides is 2. The maximum Gasteiger partial charge on any atom is 0.405 e. The molecule has 0 radical (unpaired) electrons. The molecule has 0 saturated heterocycles. The van der Waals surface area contributed by atoms with Crippen LogP contribution in [-0.2, 0) is 16.4 Å². The first-order valence-corrected chi connectivity index (χ1v) is 13.3. The van der Waals surface area contributed by atoms with Crippen LogP contribution in [-0.4, -0.2) is 66.6 Å². The highest BCUT2D eigenvalue weighted by Gasteiger charge is 2.45. The van der Waals surface area contributed by atoms with Crippen molar-refractivity contribution >= 4 is 39.4 Å². The van der Waals surface area contributed by atoms with Crippen LogP contribution in [0.1, 0.15) is 43.6 Å². The van der Waals surface area contributed by atoms with Gasteiger partial charge in [0.2, 0.25) is 10.0 Å². The number of carboxylic acid groups (broad SMARTS) is 1. The number of pyridine rings is 1. The first-order chi connectivity index (χ1) is 16.4. The Kier molecular flexibility index (Phi) is 8.98. The molecule has 1 aromatic heterocycles. The quantitative estimate of drug-likeness (QED) is 0.357. The lowest BCUT2D eigenvalue weighted by molar-refractivity contribution is 0.00327. The van der Waals surface area contributed by atoms with Gasteiger partial charge in [0.25, 0.3) is 5.91 Å². The number of sulfonamides is 1. The zero-order chi connectivity index (χ0) is 27.5. The number of halogens is 1. The van der Waals surface area contributed by atoms with Crippen LogP contribution in [0.25, 0.3) is 0 Å². The highest BCUT2D eigenvalue weighted by atomic mass is 35.5. The number of aliphatic hydroxyl groups excluding tert-OH is 1. The lowest BCUT2D eigenvalue weighted by Crippen LogP contribution is -2.65. The molecule has 2 aromatic rings. The summed E-state index contributed by atoms with van der Waals surface area (Å²) in [7, 11) is -2.38. The predicted molar refractivity (Wildman–Crippen MR) is 139 cm³/mol. The van der Waals surface area contributed by atoms with Crippen LogP contribution in [0.2, 0.25) is 5.15 Å². The highest BCUT2D eigenvalue weighted by Crippen LogP contribution is 2.30. The summed E-state index contributed by atoms with van der Waals surface area (Å²) in [5.74, 6) is -0.691. The second-order valence-corrected chi connectivity index (χ2v) is 12.4. The summed E-state index contributed by atoms with van der Waals surface area (Å²) in [5.41, 5.74) is -1.26. The van der Waals surface area contributed by atoms with E-state index in [1.165, 1.54) is 19.2 Å². The Morgan fingerprint density at radius 1 is 1.14 bits per heavy atom. The van der Waals surface area contributed by atoms with Crippen LogP contribution in [0.3, 0.4) is 0 Å². The molecule has 4 N–H and O–H groups in total. The molecular weight excluding hydrogens is 508 g/mol. The van der Waals surface area contributed by atoms with Crippen LogP contribution < -0.4 is 14.9 Å². The Balaban J connectivity index is 2.45.